The fourth-order valence-electron chi connectivity index (χ4n) is 2.22. The highest BCUT2D eigenvalue weighted by atomic mass is 32.1. The van der Waals surface area contributed by atoms with Crippen LogP contribution in [-0.2, 0) is 6.61 Å². The average molecular weight is 274 g/mol. The molecule has 98 valence electrons. The number of hydrogen-bond donors (Lipinski definition) is 1. The van der Waals surface area contributed by atoms with Crippen LogP contribution in [0, 0.1) is 6.92 Å². The molecular formula is C14H14N2O2S. The molecule has 0 saturated carbocycles. The molecule has 1 N–H and O–H groups in total. The predicted molar refractivity (Wildman–Crippen MR) is 75.7 cm³/mol. The highest BCUT2D eigenvalue weighted by Crippen LogP contribution is 2.30. The van der Waals surface area contributed by atoms with Gasteiger partial charge < -0.3 is 9.84 Å². The molecule has 0 saturated heterocycles. The smallest absolute Gasteiger partial charge is 0.194 e. The topological polar surface area (TPSA) is 46.8 Å². The lowest BCUT2D eigenvalue weighted by molar-refractivity contribution is 0.276. The minimum atomic E-state index is -0.0139. The summed E-state index contributed by atoms with van der Waals surface area (Å²) in [4.78, 5) is 5.18. The zero-order valence-electron chi connectivity index (χ0n) is 10.8. The molecule has 2 heterocycles. The van der Waals surface area contributed by atoms with E-state index in [0.29, 0.717) is 0 Å². The van der Waals surface area contributed by atoms with Crippen LogP contribution >= 0.6 is 11.3 Å². The monoisotopic (exact) mass is 274 g/mol. The SMILES string of the molecule is COc1ccc(-c2csc3ncc(CO)n23)cc1C. The van der Waals surface area contributed by atoms with Crippen molar-refractivity contribution in [2.75, 3.05) is 7.11 Å². The van der Waals surface area contributed by atoms with Crippen molar-refractivity contribution in [3.8, 4) is 17.0 Å². The quantitative estimate of drug-likeness (QED) is 0.799. The fourth-order valence-corrected chi connectivity index (χ4v) is 3.11. The predicted octanol–water partition coefficient (Wildman–Crippen LogP) is 2.87. The van der Waals surface area contributed by atoms with E-state index in [1.165, 1.54) is 0 Å². The van der Waals surface area contributed by atoms with E-state index in [1.54, 1.807) is 24.6 Å². The lowest BCUT2D eigenvalue weighted by atomic mass is 10.1. The number of hydrogen-bond acceptors (Lipinski definition) is 4. The highest BCUT2D eigenvalue weighted by Gasteiger charge is 2.12. The number of ether oxygens (including phenoxy) is 1. The van der Waals surface area contributed by atoms with Crippen molar-refractivity contribution >= 4 is 16.3 Å². The second-order valence-corrected chi connectivity index (χ2v) is 5.17. The van der Waals surface area contributed by atoms with E-state index in [1.807, 2.05) is 23.5 Å². The van der Waals surface area contributed by atoms with Gasteiger partial charge in [0, 0.05) is 5.38 Å². The Balaban J connectivity index is 2.18. The van der Waals surface area contributed by atoms with Crippen molar-refractivity contribution in [1.29, 1.82) is 0 Å². The number of fused-ring (bicyclic) bond motifs is 1. The number of methoxy groups -OCH3 is 1. The molecule has 0 atom stereocenters. The number of aliphatic hydroxyl groups excluding tert-OH is 1. The summed E-state index contributed by atoms with van der Waals surface area (Å²) in [6.45, 7) is 2.01. The fraction of sp³-hybridized carbons (Fsp3) is 0.214. The molecule has 0 aliphatic carbocycles. The van der Waals surface area contributed by atoms with Gasteiger partial charge in [0.05, 0.1) is 31.3 Å². The van der Waals surface area contributed by atoms with Gasteiger partial charge in [-0.2, -0.15) is 0 Å². The largest absolute Gasteiger partial charge is 0.496 e. The van der Waals surface area contributed by atoms with Crippen molar-refractivity contribution in [2.45, 2.75) is 13.5 Å². The Morgan fingerprint density at radius 1 is 1.42 bits per heavy atom. The first-order chi connectivity index (χ1) is 9.24. The minimum Gasteiger partial charge on any atom is -0.496 e. The summed E-state index contributed by atoms with van der Waals surface area (Å²) in [6.07, 6.45) is 1.71. The van der Waals surface area contributed by atoms with E-state index in [-0.39, 0.29) is 6.61 Å². The number of aryl methyl sites for hydroxylation is 1. The van der Waals surface area contributed by atoms with Crippen LogP contribution in [0.4, 0.5) is 0 Å². The van der Waals surface area contributed by atoms with Gasteiger partial charge in [-0.1, -0.05) is 0 Å². The standard InChI is InChI=1S/C14H14N2O2S/c1-9-5-10(3-4-13(9)18-2)12-8-19-14-15-6-11(7-17)16(12)14/h3-6,8,17H,7H2,1-2H3. The number of imidazole rings is 1. The van der Waals surface area contributed by atoms with Gasteiger partial charge >= 0.3 is 0 Å². The number of aliphatic hydroxyl groups is 1. The molecule has 2 aromatic heterocycles. The van der Waals surface area contributed by atoms with Gasteiger partial charge in [0.1, 0.15) is 5.75 Å². The van der Waals surface area contributed by atoms with Crippen LogP contribution in [0.1, 0.15) is 11.3 Å². The van der Waals surface area contributed by atoms with Crippen LogP contribution in [-0.4, -0.2) is 21.6 Å². The van der Waals surface area contributed by atoms with Gasteiger partial charge in [-0.05, 0) is 36.2 Å². The second kappa shape index (κ2) is 4.68. The van der Waals surface area contributed by atoms with Crippen molar-refractivity contribution in [2.24, 2.45) is 0 Å². The molecular weight excluding hydrogens is 260 g/mol. The van der Waals surface area contributed by atoms with Crippen LogP contribution in [0.15, 0.2) is 29.8 Å². The third kappa shape index (κ3) is 1.91. The Morgan fingerprint density at radius 3 is 2.95 bits per heavy atom. The van der Waals surface area contributed by atoms with Gasteiger partial charge in [0.25, 0.3) is 0 Å². The molecule has 0 amide bonds. The lowest BCUT2D eigenvalue weighted by Crippen LogP contribution is -1.94. The van der Waals surface area contributed by atoms with Crippen molar-refractivity contribution in [3.63, 3.8) is 0 Å². The average Bonchev–Trinajstić information content (AvgIpc) is 2.99. The van der Waals surface area contributed by atoms with Gasteiger partial charge in [0.15, 0.2) is 4.96 Å². The summed E-state index contributed by atoms with van der Waals surface area (Å²) < 4.78 is 7.27. The molecule has 0 aliphatic heterocycles. The molecule has 3 rings (SSSR count). The van der Waals surface area contributed by atoms with E-state index in [4.69, 9.17) is 4.74 Å². The van der Waals surface area contributed by atoms with E-state index in [0.717, 1.165) is 33.2 Å². The number of thiazole rings is 1. The maximum Gasteiger partial charge on any atom is 0.194 e. The zero-order chi connectivity index (χ0) is 13.4. The molecule has 0 spiro atoms. The number of rotatable bonds is 3. The number of aromatic nitrogens is 2. The Labute approximate surface area is 114 Å². The molecule has 1 aromatic carbocycles. The molecule has 4 nitrogen and oxygen atoms in total. The van der Waals surface area contributed by atoms with E-state index >= 15 is 0 Å². The molecule has 0 radical (unpaired) electrons. The first kappa shape index (κ1) is 12.2. The highest BCUT2D eigenvalue weighted by molar-refractivity contribution is 7.15. The Hall–Kier alpha value is -1.85. The van der Waals surface area contributed by atoms with Crippen molar-refractivity contribution < 1.29 is 9.84 Å². The van der Waals surface area contributed by atoms with Crippen LogP contribution in [0.2, 0.25) is 0 Å². The van der Waals surface area contributed by atoms with Crippen LogP contribution < -0.4 is 4.74 Å². The Kier molecular flexibility index (Phi) is 3.00. The molecule has 5 heteroatoms. The molecule has 19 heavy (non-hydrogen) atoms. The summed E-state index contributed by atoms with van der Waals surface area (Å²) in [5.41, 5.74) is 4.04. The van der Waals surface area contributed by atoms with Gasteiger partial charge in [-0.15, -0.1) is 11.3 Å². The number of nitrogens with zero attached hydrogens (tertiary/aromatic N) is 2. The van der Waals surface area contributed by atoms with E-state index in [9.17, 15) is 5.11 Å². The zero-order valence-corrected chi connectivity index (χ0v) is 11.6. The molecule has 0 bridgehead atoms. The summed E-state index contributed by atoms with van der Waals surface area (Å²) in [6, 6.07) is 6.07. The number of benzene rings is 1. The summed E-state index contributed by atoms with van der Waals surface area (Å²) in [7, 11) is 1.67. The van der Waals surface area contributed by atoms with Crippen molar-refractivity contribution in [3.05, 3.63) is 41.0 Å². The first-order valence-corrected chi connectivity index (χ1v) is 6.82. The molecule has 0 unspecified atom stereocenters. The summed E-state index contributed by atoms with van der Waals surface area (Å²) >= 11 is 1.57. The van der Waals surface area contributed by atoms with Crippen LogP contribution in [0.25, 0.3) is 16.2 Å². The molecule has 3 aromatic rings. The maximum absolute atomic E-state index is 9.37. The second-order valence-electron chi connectivity index (χ2n) is 4.33. The Morgan fingerprint density at radius 2 is 2.26 bits per heavy atom. The van der Waals surface area contributed by atoms with Gasteiger partial charge in [0.2, 0.25) is 0 Å². The van der Waals surface area contributed by atoms with Crippen LogP contribution in [0.5, 0.6) is 5.75 Å². The van der Waals surface area contributed by atoms with Gasteiger partial charge in [-0.25, -0.2) is 4.98 Å². The molecule has 0 fully saturated rings. The summed E-state index contributed by atoms with van der Waals surface area (Å²) in [5.74, 6) is 0.878. The summed E-state index contributed by atoms with van der Waals surface area (Å²) in [5, 5.41) is 11.4. The maximum atomic E-state index is 9.37. The molecule has 0 aliphatic rings. The third-order valence-electron chi connectivity index (χ3n) is 3.17. The van der Waals surface area contributed by atoms with Gasteiger partial charge in [-0.3, -0.25) is 4.40 Å². The minimum absolute atomic E-state index is 0.0139. The Bertz CT molecular complexity index is 730. The van der Waals surface area contributed by atoms with Crippen LogP contribution in [0.3, 0.4) is 0 Å². The first-order valence-electron chi connectivity index (χ1n) is 5.94. The third-order valence-corrected chi connectivity index (χ3v) is 4.01. The lowest BCUT2D eigenvalue weighted by Gasteiger charge is -2.07. The van der Waals surface area contributed by atoms with E-state index in [2.05, 4.69) is 16.4 Å². The normalized spacial score (nSPS) is 11.1. The van der Waals surface area contributed by atoms with Crippen molar-refractivity contribution in [1.82, 2.24) is 9.38 Å². The van der Waals surface area contributed by atoms with E-state index < -0.39 is 0 Å².